The molecule has 0 N–H and O–H groups in total. The van der Waals surface area contributed by atoms with Crippen molar-refractivity contribution in [2.75, 3.05) is 0 Å². The molecule has 0 aliphatic heterocycles. The van der Waals surface area contributed by atoms with Crippen LogP contribution in [-0.4, -0.2) is 13.0 Å². The first-order valence-corrected chi connectivity index (χ1v) is 4.66. The second-order valence-electron chi connectivity index (χ2n) is 4.14. The Kier molecular flexibility index (Phi) is 5.20. The van der Waals surface area contributed by atoms with Crippen LogP contribution >= 0.6 is 0 Å². The van der Waals surface area contributed by atoms with E-state index in [0.29, 0.717) is 11.8 Å². The van der Waals surface area contributed by atoms with Crippen molar-refractivity contribution in [3.05, 3.63) is 12.2 Å². The van der Waals surface area contributed by atoms with Crippen molar-refractivity contribution in [1.29, 1.82) is 0 Å². The standard InChI is InChI=1S/C11H20B/c1-8(2)10(4)6-9(3)7-11(5)12/h9-10H,1,6-7H2,2-5H3. The maximum atomic E-state index is 5.64. The number of hydrogen-bond acceptors (Lipinski definition) is 0. The van der Waals surface area contributed by atoms with E-state index in [0.717, 1.165) is 11.9 Å². The van der Waals surface area contributed by atoms with Crippen LogP contribution in [0.3, 0.4) is 0 Å². The van der Waals surface area contributed by atoms with Crippen LogP contribution in [0.1, 0.15) is 40.5 Å². The van der Waals surface area contributed by atoms with Gasteiger partial charge in [-0.05, 0) is 0 Å². The van der Waals surface area contributed by atoms with Gasteiger partial charge in [0.25, 0.3) is 0 Å². The first-order chi connectivity index (χ1) is 5.43. The van der Waals surface area contributed by atoms with E-state index in [-0.39, 0.29) is 0 Å². The third-order valence-electron chi connectivity index (χ3n) is 2.27. The van der Waals surface area contributed by atoms with E-state index in [2.05, 4.69) is 27.4 Å². The molecule has 0 aromatic rings. The van der Waals surface area contributed by atoms with E-state index in [4.69, 9.17) is 7.49 Å². The molecule has 0 saturated carbocycles. The van der Waals surface area contributed by atoms with Crippen LogP contribution in [-0.2, 0) is 0 Å². The van der Waals surface area contributed by atoms with Crippen molar-refractivity contribution in [3.63, 3.8) is 0 Å². The molecule has 0 heterocycles. The molecule has 0 aromatic carbocycles. The maximum absolute atomic E-state index is 5.64. The van der Waals surface area contributed by atoms with Gasteiger partial charge in [-0.25, -0.2) is 0 Å². The Morgan fingerprint density at radius 1 is 1.33 bits per heavy atom. The molecule has 0 nitrogen and oxygen atoms in total. The van der Waals surface area contributed by atoms with E-state index >= 15 is 0 Å². The van der Waals surface area contributed by atoms with E-state index in [9.17, 15) is 0 Å². The molecule has 12 heavy (non-hydrogen) atoms. The van der Waals surface area contributed by atoms with Gasteiger partial charge >= 0.3 is 77.5 Å². The van der Waals surface area contributed by atoms with Gasteiger partial charge in [0.15, 0.2) is 0 Å². The predicted octanol–water partition coefficient (Wildman–Crippen LogP) is 2.98. The summed E-state index contributed by atoms with van der Waals surface area (Å²) in [5, 5.41) is 0. The average Bonchev–Trinajstić information content (AvgIpc) is 1.84. The predicted molar refractivity (Wildman–Crippen MR) is 58.8 cm³/mol. The van der Waals surface area contributed by atoms with Crippen LogP contribution in [0, 0.1) is 11.8 Å². The molecule has 67 valence electrons. The Bertz CT molecular complexity index is 170. The molecule has 0 saturated heterocycles. The molecule has 0 rings (SSSR count). The summed E-state index contributed by atoms with van der Waals surface area (Å²) < 4.78 is 0. The van der Waals surface area contributed by atoms with Crippen molar-refractivity contribution in [3.8, 4) is 0 Å². The van der Waals surface area contributed by atoms with E-state index in [1.807, 2.05) is 6.92 Å². The van der Waals surface area contributed by atoms with Gasteiger partial charge in [0.1, 0.15) is 0 Å². The SMILES string of the molecule is [B]=C(C)CC(C)CC(C)C(=C)C. The third kappa shape index (κ3) is 5.34. The minimum absolute atomic E-state index is 0.624. The van der Waals surface area contributed by atoms with Crippen molar-refractivity contribution < 1.29 is 0 Å². The Balaban J connectivity index is 3.76. The summed E-state index contributed by atoms with van der Waals surface area (Å²) in [6.07, 6.45) is 2.24. The monoisotopic (exact) mass is 163 g/mol. The first kappa shape index (κ1) is 11.7. The molecule has 0 aliphatic rings. The fraction of sp³-hybridized carbons (Fsp3) is 0.727. The molecule has 0 aliphatic carbocycles. The van der Waals surface area contributed by atoms with Gasteiger partial charge in [0, 0.05) is 0 Å². The van der Waals surface area contributed by atoms with Crippen molar-refractivity contribution in [1.82, 2.24) is 0 Å². The summed E-state index contributed by atoms with van der Waals surface area (Å²) in [6.45, 7) is 12.5. The van der Waals surface area contributed by atoms with Crippen molar-refractivity contribution >= 4 is 13.0 Å². The van der Waals surface area contributed by atoms with Crippen LogP contribution < -0.4 is 0 Å². The van der Waals surface area contributed by atoms with Gasteiger partial charge in [0.05, 0.1) is 0 Å². The van der Waals surface area contributed by atoms with Crippen LogP contribution in [0.2, 0.25) is 0 Å². The van der Waals surface area contributed by atoms with Crippen LogP contribution in [0.4, 0.5) is 0 Å². The second-order valence-corrected chi connectivity index (χ2v) is 4.14. The molecule has 0 spiro atoms. The Hall–Kier alpha value is -0.325. The van der Waals surface area contributed by atoms with Crippen LogP contribution in [0.15, 0.2) is 12.2 Å². The zero-order valence-corrected chi connectivity index (χ0v) is 8.85. The molecule has 1 heteroatoms. The number of rotatable bonds is 5. The molecule has 0 aromatic heterocycles. The van der Waals surface area contributed by atoms with E-state index in [1.165, 1.54) is 12.0 Å². The Morgan fingerprint density at radius 3 is 2.17 bits per heavy atom. The van der Waals surface area contributed by atoms with Gasteiger partial charge in [-0.2, -0.15) is 0 Å². The van der Waals surface area contributed by atoms with Crippen molar-refractivity contribution in [2.24, 2.45) is 11.8 Å². The molecule has 0 fully saturated rings. The Morgan fingerprint density at radius 2 is 1.83 bits per heavy atom. The van der Waals surface area contributed by atoms with E-state index < -0.39 is 0 Å². The molecule has 0 bridgehead atoms. The first-order valence-electron chi connectivity index (χ1n) is 4.66. The summed E-state index contributed by atoms with van der Waals surface area (Å²) in [4.78, 5) is 0. The molecule has 2 atom stereocenters. The molecular formula is C11H20B. The average molecular weight is 163 g/mol. The van der Waals surface area contributed by atoms with E-state index in [1.54, 1.807) is 0 Å². The summed E-state index contributed by atoms with van der Waals surface area (Å²) in [5.74, 6) is 1.31. The fourth-order valence-electron chi connectivity index (χ4n) is 1.44. The topological polar surface area (TPSA) is 0 Å². The molecule has 0 amide bonds. The number of allylic oxidation sites excluding steroid dienone is 1. The molecule has 2 unspecified atom stereocenters. The third-order valence-corrected chi connectivity index (χ3v) is 2.27. The van der Waals surface area contributed by atoms with Gasteiger partial charge in [-0.15, -0.1) is 0 Å². The molecule has 1 radical (unpaired) electrons. The zero-order valence-electron chi connectivity index (χ0n) is 8.85. The van der Waals surface area contributed by atoms with Crippen molar-refractivity contribution in [2.45, 2.75) is 40.5 Å². The minimum atomic E-state index is 0.624. The summed E-state index contributed by atoms with van der Waals surface area (Å²) >= 11 is 0. The Labute approximate surface area is 78.1 Å². The molecular weight excluding hydrogens is 143 g/mol. The quantitative estimate of drug-likeness (QED) is 0.431. The van der Waals surface area contributed by atoms with Crippen LogP contribution in [0.25, 0.3) is 0 Å². The van der Waals surface area contributed by atoms with Crippen LogP contribution in [0.5, 0.6) is 0 Å². The summed E-state index contributed by atoms with van der Waals surface area (Å²) in [6, 6.07) is 0. The van der Waals surface area contributed by atoms with Gasteiger partial charge in [0.2, 0.25) is 0 Å². The van der Waals surface area contributed by atoms with Gasteiger partial charge in [-0.3, -0.25) is 0 Å². The zero-order chi connectivity index (χ0) is 9.72. The summed E-state index contributed by atoms with van der Waals surface area (Å²) in [7, 11) is 5.64. The van der Waals surface area contributed by atoms with Gasteiger partial charge < -0.3 is 0 Å². The second kappa shape index (κ2) is 5.34. The van der Waals surface area contributed by atoms with Gasteiger partial charge in [-0.1, -0.05) is 0 Å². The number of hydrogen-bond donors (Lipinski definition) is 0. The normalized spacial score (nSPS) is 15.2. The fourth-order valence-corrected chi connectivity index (χ4v) is 1.44. The summed E-state index contributed by atoms with van der Waals surface area (Å²) in [5.41, 5.74) is 2.31.